The SMILES string of the molecule is Brc1ccc(SCCNCc2cccs2)nc1. The highest BCUT2D eigenvalue weighted by atomic mass is 79.9. The number of hydrogen-bond acceptors (Lipinski definition) is 4. The molecule has 0 unspecified atom stereocenters. The van der Waals surface area contributed by atoms with Gasteiger partial charge in [0.2, 0.25) is 0 Å². The first-order valence-corrected chi connectivity index (χ1v) is 7.98. The zero-order valence-corrected chi connectivity index (χ0v) is 12.4. The van der Waals surface area contributed by atoms with Crippen molar-refractivity contribution >= 4 is 39.0 Å². The zero-order chi connectivity index (χ0) is 11.9. The highest BCUT2D eigenvalue weighted by Crippen LogP contribution is 2.16. The highest BCUT2D eigenvalue weighted by Gasteiger charge is 1.96. The molecule has 0 aromatic carbocycles. The Morgan fingerprint density at radius 1 is 1.35 bits per heavy atom. The van der Waals surface area contributed by atoms with E-state index in [1.54, 1.807) is 23.1 Å². The first-order valence-electron chi connectivity index (χ1n) is 5.32. The average molecular weight is 329 g/mol. The third kappa shape index (κ3) is 4.79. The first-order chi connectivity index (χ1) is 8.34. The van der Waals surface area contributed by atoms with E-state index in [4.69, 9.17) is 0 Å². The molecule has 90 valence electrons. The van der Waals surface area contributed by atoms with Crippen molar-refractivity contribution in [2.75, 3.05) is 12.3 Å². The zero-order valence-electron chi connectivity index (χ0n) is 9.23. The highest BCUT2D eigenvalue weighted by molar-refractivity contribution is 9.10. The van der Waals surface area contributed by atoms with E-state index in [-0.39, 0.29) is 0 Å². The molecule has 2 heterocycles. The van der Waals surface area contributed by atoms with E-state index < -0.39 is 0 Å². The number of halogens is 1. The van der Waals surface area contributed by atoms with Gasteiger partial charge >= 0.3 is 0 Å². The normalized spacial score (nSPS) is 10.6. The lowest BCUT2D eigenvalue weighted by Gasteiger charge is -2.03. The molecule has 0 saturated heterocycles. The molecule has 0 atom stereocenters. The van der Waals surface area contributed by atoms with E-state index in [1.807, 2.05) is 18.3 Å². The number of nitrogens with zero attached hydrogens (tertiary/aromatic N) is 1. The van der Waals surface area contributed by atoms with Crippen molar-refractivity contribution in [2.24, 2.45) is 0 Å². The van der Waals surface area contributed by atoms with Crippen molar-refractivity contribution in [1.82, 2.24) is 10.3 Å². The molecule has 17 heavy (non-hydrogen) atoms. The van der Waals surface area contributed by atoms with Crippen molar-refractivity contribution < 1.29 is 0 Å². The maximum atomic E-state index is 4.32. The van der Waals surface area contributed by atoms with E-state index in [2.05, 4.69) is 43.7 Å². The van der Waals surface area contributed by atoms with Crippen molar-refractivity contribution in [3.8, 4) is 0 Å². The van der Waals surface area contributed by atoms with Gasteiger partial charge in [-0.15, -0.1) is 23.1 Å². The van der Waals surface area contributed by atoms with E-state index >= 15 is 0 Å². The quantitative estimate of drug-likeness (QED) is 0.645. The molecule has 2 rings (SSSR count). The van der Waals surface area contributed by atoms with Crippen LogP contribution in [0.2, 0.25) is 0 Å². The van der Waals surface area contributed by atoms with Gasteiger partial charge in [0.25, 0.3) is 0 Å². The van der Waals surface area contributed by atoms with Crippen LogP contribution >= 0.6 is 39.0 Å². The van der Waals surface area contributed by atoms with E-state index in [9.17, 15) is 0 Å². The van der Waals surface area contributed by atoms with E-state index in [0.717, 1.165) is 28.3 Å². The monoisotopic (exact) mass is 328 g/mol. The molecule has 0 aliphatic rings. The van der Waals surface area contributed by atoms with Crippen LogP contribution in [0.25, 0.3) is 0 Å². The van der Waals surface area contributed by atoms with Gasteiger partial charge in [0.15, 0.2) is 0 Å². The standard InChI is InChI=1S/C12H13BrN2S2/c13-10-3-4-12(15-8-10)17-7-5-14-9-11-2-1-6-16-11/h1-4,6,8,14H,5,7,9H2. The van der Waals surface area contributed by atoms with Crippen LogP contribution in [0.3, 0.4) is 0 Å². The molecule has 2 aromatic rings. The van der Waals surface area contributed by atoms with Gasteiger partial charge in [0.05, 0.1) is 5.03 Å². The molecule has 0 fully saturated rings. The summed E-state index contributed by atoms with van der Waals surface area (Å²) in [6, 6.07) is 8.30. The summed E-state index contributed by atoms with van der Waals surface area (Å²) in [5, 5.41) is 6.61. The van der Waals surface area contributed by atoms with Gasteiger partial charge in [-0.25, -0.2) is 4.98 Å². The van der Waals surface area contributed by atoms with Crippen LogP contribution in [0.1, 0.15) is 4.88 Å². The molecule has 0 aliphatic heterocycles. The van der Waals surface area contributed by atoms with Crippen LogP contribution in [0, 0.1) is 0 Å². The minimum atomic E-state index is 0.964. The fourth-order valence-electron chi connectivity index (χ4n) is 1.30. The minimum Gasteiger partial charge on any atom is -0.311 e. The number of thiophene rings is 1. The molecule has 0 amide bonds. The number of nitrogens with one attached hydrogen (secondary N) is 1. The summed E-state index contributed by atoms with van der Waals surface area (Å²) in [7, 11) is 0. The Labute approximate surface area is 118 Å². The largest absolute Gasteiger partial charge is 0.311 e. The number of hydrogen-bond donors (Lipinski definition) is 1. The molecular weight excluding hydrogens is 316 g/mol. The Morgan fingerprint density at radius 3 is 3.00 bits per heavy atom. The summed E-state index contributed by atoms with van der Waals surface area (Å²) in [6.45, 7) is 1.96. The second-order valence-electron chi connectivity index (χ2n) is 3.42. The topological polar surface area (TPSA) is 24.9 Å². The summed E-state index contributed by atoms with van der Waals surface area (Å²) in [5.41, 5.74) is 0. The molecule has 0 bridgehead atoms. The van der Waals surface area contributed by atoms with Crippen LogP contribution in [-0.2, 0) is 6.54 Å². The second-order valence-corrected chi connectivity index (χ2v) is 6.48. The summed E-state index contributed by atoms with van der Waals surface area (Å²) < 4.78 is 1.03. The lowest BCUT2D eigenvalue weighted by molar-refractivity contribution is 0.740. The van der Waals surface area contributed by atoms with Crippen LogP contribution in [0.5, 0.6) is 0 Å². The molecular formula is C12H13BrN2S2. The third-order valence-electron chi connectivity index (χ3n) is 2.11. The van der Waals surface area contributed by atoms with Crippen LogP contribution < -0.4 is 5.32 Å². The van der Waals surface area contributed by atoms with Gasteiger partial charge < -0.3 is 5.32 Å². The van der Waals surface area contributed by atoms with Gasteiger partial charge in [0, 0.05) is 34.4 Å². The van der Waals surface area contributed by atoms with E-state index in [1.165, 1.54) is 4.88 Å². The van der Waals surface area contributed by atoms with Crippen molar-refractivity contribution in [3.05, 3.63) is 45.2 Å². The second kappa shape index (κ2) is 7.16. The molecule has 2 nitrogen and oxygen atoms in total. The lowest BCUT2D eigenvalue weighted by atomic mass is 10.4. The lowest BCUT2D eigenvalue weighted by Crippen LogP contribution is -2.15. The molecule has 0 aliphatic carbocycles. The predicted molar refractivity (Wildman–Crippen MR) is 78.7 cm³/mol. The number of pyridine rings is 1. The Hall–Kier alpha value is -0.360. The Balaban J connectivity index is 1.61. The predicted octanol–water partition coefficient (Wildman–Crippen LogP) is 3.79. The average Bonchev–Trinajstić information content (AvgIpc) is 2.84. The fourth-order valence-corrected chi connectivity index (χ4v) is 2.96. The first kappa shape index (κ1) is 13.1. The summed E-state index contributed by atoms with van der Waals surface area (Å²) in [4.78, 5) is 5.70. The minimum absolute atomic E-state index is 0.964. The fraction of sp³-hybridized carbons (Fsp3) is 0.250. The van der Waals surface area contributed by atoms with Gasteiger partial charge in [-0.05, 0) is 39.5 Å². The van der Waals surface area contributed by atoms with Crippen molar-refractivity contribution in [3.63, 3.8) is 0 Å². The molecule has 5 heteroatoms. The maximum absolute atomic E-state index is 4.32. The van der Waals surface area contributed by atoms with Gasteiger partial charge in [0.1, 0.15) is 0 Å². The van der Waals surface area contributed by atoms with Gasteiger partial charge in [-0.1, -0.05) is 6.07 Å². The Kier molecular flexibility index (Phi) is 5.51. The molecule has 0 spiro atoms. The van der Waals surface area contributed by atoms with Crippen LogP contribution in [-0.4, -0.2) is 17.3 Å². The van der Waals surface area contributed by atoms with Gasteiger partial charge in [-0.3, -0.25) is 0 Å². The maximum Gasteiger partial charge on any atom is 0.0961 e. The summed E-state index contributed by atoms with van der Waals surface area (Å²) >= 11 is 6.94. The van der Waals surface area contributed by atoms with Crippen molar-refractivity contribution in [1.29, 1.82) is 0 Å². The number of rotatable bonds is 6. The molecule has 0 radical (unpaired) electrons. The van der Waals surface area contributed by atoms with Crippen molar-refractivity contribution in [2.45, 2.75) is 11.6 Å². The molecule has 1 N–H and O–H groups in total. The van der Waals surface area contributed by atoms with Crippen LogP contribution in [0.15, 0.2) is 45.3 Å². The van der Waals surface area contributed by atoms with E-state index in [0.29, 0.717) is 0 Å². The Bertz CT molecular complexity index is 428. The smallest absolute Gasteiger partial charge is 0.0961 e. The summed E-state index contributed by atoms with van der Waals surface area (Å²) in [6.07, 6.45) is 1.83. The van der Waals surface area contributed by atoms with Gasteiger partial charge in [-0.2, -0.15) is 0 Å². The molecule has 0 saturated carbocycles. The number of aromatic nitrogens is 1. The molecule has 2 aromatic heterocycles. The third-order valence-corrected chi connectivity index (χ3v) is 4.40. The number of thioether (sulfide) groups is 1. The Morgan fingerprint density at radius 2 is 2.29 bits per heavy atom. The summed E-state index contributed by atoms with van der Waals surface area (Å²) in [5.74, 6) is 1.04. The van der Waals surface area contributed by atoms with Crippen LogP contribution in [0.4, 0.5) is 0 Å².